The lowest BCUT2D eigenvalue weighted by Gasteiger charge is -2.10. The van der Waals surface area contributed by atoms with E-state index in [0.29, 0.717) is 12.2 Å². The maximum Gasteiger partial charge on any atom is 0.573 e. The number of hydrogen-bond acceptors (Lipinski definition) is 4. The lowest BCUT2D eigenvalue weighted by Crippen LogP contribution is -2.17. The Labute approximate surface area is 223 Å². The molecule has 0 saturated heterocycles. The van der Waals surface area contributed by atoms with Crippen LogP contribution in [-0.4, -0.2) is 33.5 Å². The minimum atomic E-state index is -4.72. The summed E-state index contributed by atoms with van der Waals surface area (Å²) < 4.78 is 43.2. The molecule has 5 aromatic rings. The second kappa shape index (κ2) is 10.4. The van der Waals surface area contributed by atoms with Crippen LogP contribution in [0.3, 0.4) is 0 Å². The van der Waals surface area contributed by atoms with E-state index in [2.05, 4.69) is 46.8 Å². The summed E-state index contributed by atoms with van der Waals surface area (Å²) in [7, 11) is 0. The monoisotopic (exact) mass is 531 g/mol. The standard InChI is InChI=1S/C30H24F3N3OS/c1-19-3-4-20(2)23(13-19)15-26(38)17-34-16-21-5-11-27-22(14-21)6-12-28-29(27)35-18-36(28)24-7-9-25(10-8-24)37-30(31,32)33/h3-14,16,18H,15,17H2,1-2H3. The van der Waals surface area contributed by atoms with Crippen molar-refractivity contribution in [1.29, 1.82) is 0 Å². The molecular weight excluding hydrogens is 507 g/mol. The number of ether oxygens (including phenoxy) is 1. The highest BCUT2D eigenvalue weighted by Gasteiger charge is 2.31. The van der Waals surface area contributed by atoms with E-state index in [-0.39, 0.29) is 5.75 Å². The molecule has 1 aromatic heterocycles. The van der Waals surface area contributed by atoms with Crippen LogP contribution in [0.25, 0.3) is 27.5 Å². The number of thiocarbonyl (C=S) groups is 1. The highest BCUT2D eigenvalue weighted by Crippen LogP contribution is 2.29. The van der Waals surface area contributed by atoms with Crippen molar-refractivity contribution in [3.8, 4) is 11.4 Å². The van der Waals surface area contributed by atoms with Crippen LogP contribution in [0.1, 0.15) is 22.3 Å². The summed E-state index contributed by atoms with van der Waals surface area (Å²) in [6.45, 7) is 4.66. The summed E-state index contributed by atoms with van der Waals surface area (Å²) in [5, 5.41) is 1.99. The Hall–Kier alpha value is -4.04. The molecule has 1 heterocycles. The summed E-state index contributed by atoms with van der Waals surface area (Å²) in [5.74, 6) is -0.267. The van der Waals surface area contributed by atoms with Gasteiger partial charge in [0, 0.05) is 28.6 Å². The van der Waals surface area contributed by atoms with E-state index in [1.165, 1.54) is 28.8 Å². The predicted molar refractivity (Wildman–Crippen MR) is 150 cm³/mol. The van der Waals surface area contributed by atoms with Crippen molar-refractivity contribution < 1.29 is 17.9 Å². The van der Waals surface area contributed by atoms with Gasteiger partial charge in [-0.15, -0.1) is 13.2 Å². The van der Waals surface area contributed by atoms with Crippen LogP contribution in [0.15, 0.2) is 84.1 Å². The maximum absolute atomic E-state index is 12.5. The van der Waals surface area contributed by atoms with Gasteiger partial charge in [0.15, 0.2) is 0 Å². The Balaban J connectivity index is 1.32. The molecule has 0 aliphatic carbocycles. The third kappa shape index (κ3) is 5.75. The molecule has 8 heteroatoms. The van der Waals surface area contributed by atoms with Crippen LogP contribution in [0.4, 0.5) is 13.2 Å². The number of imidazole rings is 1. The summed E-state index contributed by atoms with van der Waals surface area (Å²) in [5.41, 5.74) is 6.99. The predicted octanol–water partition coefficient (Wildman–Crippen LogP) is 7.73. The minimum absolute atomic E-state index is 0.267. The zero-order valence-corrected chi connectivity index (χ0v) is 21.6. The van der Waals surface area contributed by atoms with Crippen LogP contribution < -0.4 is 4.74 Å². The van der Waals surface area contributed by atoms with Crippen LogP contribution in [0.5, 0.6) is 5.75 Å². The van der Waals surface area contributed by atoms with Crippen LogP contribution in [0, 0.1) is 13.8 Å². The maximum atomic E-state index is 12.5. The molecule has 0 radical (unpaired) electrons. The highest BCUT2D eigenvalue weighted by molar-refractivity contribution is 7.80. The van der Waals surface area contributed by atoms with Gasteiger partial charge in [0.1, 0.15) is 12.1 Å². The first-order valence-electron chi connectivity index (χ1n) is 12.0. The smallest absolute Gasteiger partial charge is 0.406 e. The number of halogens is 3. The Bertz CT molecular complexity index is 1670. The molecule has 0 aliphatic rings. The quantitative estimate of drug-likeness (QED) is 0.159. The molecule has 0 amide bonds. The van der Waals surface area contributed by atoms with Gasteiger partial charge in [-0.2, -0.15) is 0 Å². The largest absolute Gasteiger partial charge is 0.573 e. The SMILES string of the molecule is Cc1ccc(C)c(CC(=S)CN=Cc2ccc3c(ccc4c3ncn4-c3ccc(OC(F)(F)F)cc3)c2)c1. The van der Waals surface area contributed by atoms with E-state index in [1.807, 2.05) is 41.1 Å². The fraction of sp³-hybridized carbons (Fsp3) is 0.167. The second-order valence-corrected chi connectivity index (χ2v) is 9.76. The Morgan fingerprint density at radius 2 is 1.79 bits per heavy atom. The average molecular weight is 532 g/mol. The molecule has 0 unspecified atom stereocenters. The molecule has 5 rings (SSSR count). The number of aryl methyl sites for hydroxylation is 2. The molecule has 0 bridgehead atoms. The first-order valence-corrected chi connectivity index (χ1v) is 12.4. The summed E-state index contributed by atoms with van der Waals surface area (Å²) in [6, 6.07) is 22.1. The Morgan fingerprint density at radius 3 is 2.55 bits per heavy atom. The van der Waals surface area contributed by atoms with Crippen molar-refractivity contribution in [2.75, 3.05) is 6.54 Å². The third-order valence-electron chi connectivity index (χ3n) is 6.30. The molecule has 4 aromatic carbocycles. The minimum Gasteiger partial charge on any atom is -0.406 e. The van der Waals surface area contributed by atoms with Crippen molar-refractivity contribution in [2.45, 2.75) is 26.6 Å². The van der Waals surface area contributed by atoms with Crippen LogP contribution in [0.2, 0.25) is 0 Å². The van der Waals surface area contributed by atoms with E-state index >= 15 is 0 Å². The number of alkyl halides is 3. The summed E-state index contributed by atoms with van der Waals surface area (Å²) >= 11 is 5.58. The zero-order chi connectivity index (χ0) is 26.9. The average Bonchev–Trinajstić information content (AvgIpc) is 3.30. The summed E-state index contributed by atoms with van der Waals surface area (Å²) in [4.78, 5) is 10.0. The van der Waals surface area contributed by atoms with Gasteiger partial charge in [0.05, 0.1) is 17.6 Å². The van der Waals surface area contributed by atoms with Gasteiger partial charge in [0.25, 0.3) is 0 Å². The zero-order valence-electron chi connectivity index (χ0n) is 20.8. The Morgan fingerprint density at radius 1 is 1.00 bits per heavy atom. The van der Waals surface area contributed by atoms with E-state index in [1.54, 1.807) is 18.5 Å². The van der Waals surface area contributed by atoms with Gasteiger partial charge in [-0.3, -0.25) is 9.56 Å². The van der Waals surface area contributed by atoms with Crippen LogP contribution in [-0.2, 0) is 6.42 Å². The molecule has 0 saturated carbocycles. The van der Waals surface area contributed by atoms with E-state index in [9.17, 15) is 13.2 Å². The van der Waals surface area contributed by atoms with Gasteiger partial charge >= 0.3 is 6.36 Å². The molecule has 0 spiro atoms. The normalized spacial score (nSPS) is 12.0. The number of aromatic nitrogens is 2. The lowest BCUT2D eigenvalue weighted by molar-refractivity contribution is -0.274. The molecule has 192 valence electrons. The third-order valence-corrected chi connectivity index (χ3v) is 6.58. The lowest BCUT2D eigenvalue weighted by atomic mass is 10.0. The molecule has 0 aliphatic heterocycles. The van der Waals surface area contributed by atoms with Crippen molar-refractivity contribution in [2.24, 2.45) is 4.99 Å². The molecular formula is C30H24F3N3OS. The fourth-order valence-corrected chi connectivity index (χ4v) is 4.66. The van der Waals surface area contributed by atoms with Gasteiger partial charge in [0.2, 0.25) is 0 Å². The first-order chi connectivity index (χ1) is 18.2. The van der Waals surface area contributed by atoms with Gasteiger partial charge < -0.3 is 4.74 Å². The van der Waals surface area contributed by atoms with Crippen molar-refractivity contribution in [1.82, 2.24) is 9.55 Å². The molecule has 38 heavy (non-hydrogen) atoms. The number of hydrogen-bond donors (Lipinski definition) is 0. The molecule has 0 fully saturated rings. The van der Waals surface area contributed by atoms with Crippen LogP contribution >= 0.6 is 12.2 Å². The van der Waals surface area contributed by atoms with E-state index in [4.69, 9.17) is 12.2 Å². The number of fused-ring (bicyclic) bond motifs is 3. The fourth-order valence-electron chi connectivity index (χ4n) is 4.43. The van der Waals surface area contributed by atoms with E-state index in [0.717, 1.165) is 38.7 Å². The second-order valence-electron chi connectivity index (χ2n) is 9.19. The van der Waals surface area contributed by atoms with Crippen molar-refractivity contribution >= 4 is 45.1 Å². The first kappa shape index (κ1) is 25.6. The molecule has 4 nitrogen and oxygen atoms in total. The van der Waals surface area contributed by atoms with E-state index < -0.39 is 6.36 Å². The summed E-state index contributed by atoms with van der Waals surface area (Å²) in [6.07, 6.45) is -0.493. The molecule has 0 atom stereocenters. The topological polar surface area (TPSA) is 39.4 Å². The molecule has 0 N–H and O–H groups in total. The van der Waals surface area contributed by atoms with Crippen molar-refractivity contribution in [3.63, 3.8) is 0 Å². The Kier molecular flexibility index (Phi) is 6.99. The number of benzene rings is 4. The van der Waals surface area contributed by atoms with Crippen molar-refractivity contribution in [3.05, 3.63) is 101 Å². The number of rotatable bonds is 7. The van der Waals surface area contributed by atoms with Gasteiger partial charge in [-0.25, -0.2) is 4.98 Å². The highest BCUT2D eigenvalue weighted by atomic mass is 32.1. The number of nitrogens with zero attached hydrogens (tertiary/aromatic N) is 3. The van der Waals surface area contributed by atoms with Gasteiger partial charge in [-0.05, 0) is 72.3 Å². The van der Waals surface area contributed by atoms with Gasteiger partial charge in [-0.1, -0.05) is 54.2 Å². The number of aliphatic imine (C=N–C) groups is 1.